The zero-order valence-electron chi connectivity index (χ0n) is 11.7. The van der Waals surface area contributed by atoms with Gasteiger partial charge in [-0.2, -0.15) is 0 Å². The van der Waals surface area contributed by atoms with Crippen LogP contribution in [0.4, 0.5) is 0 Å². The van der Waals surface area contributed by atoms with Gasteiger partial charge in [-0.1, -0.05) is 0 Å². The molecule has 0 aliphatic heterocycles. The second-order valence-electron chi connectivity index (χ2n) is 3.85. The molecule has 0 aliphatic rings. The largest absolute Gasteiger partial charge is 0.497 e. The Hall–Kier alpha value is -2.77. The van der Waals surface area contributed by atoms with Gasteiger partial charge in [-0.05, 0) is 24.3 Å². The second-order valence-corrected chi connectivity index (χ2v) is 3.85. The van der Waals surface area contributed by atoms with Crippen LogP contribution in [0.5, 0.6) is 11.5 Å². The molecule has 0 atom stereocenters. The Balaban J connectivity index is 2.24. The van der Waals surface area contributed by atoms with Crippen molar-refractivity contribution >= 4 is 17.8 Å². The summed E-state index contributed by atoms with van der Waals surface area (Å²) in [5.74, 6) is -0.653. The zero-order chi connectivity index (χ0) is 15.7. The SMILES string of the molecule is COc1ccc(OCC(=O)OCC(=O)NNC(C)=O)cc1. The van der Waals surface area contributed by atoms with E-state index >= 15 is 0 Å². The van der Waals surface area contributed by atoms with Crippen molar-refractivity contribution in [1.29, 1.82) is 0 Å². The maximum atomic E-state index is 11.3. The fourth-order valence-corrected chi connectivity index (χ4v) is 1.20. The van der Waals surface area contributed by atoms with Gasteiger partial charge in [0.1, 0.15) is 11.5 Å². The number of hydrazine groups is 1. The van der Waals surface area contributed by atoms with Crippen molar-refractivity contribution in [2.45, 2.75) is 6.92 Å². The molecule has 21 heavy (non-hydrogen) atoms. The molecule has 0 heterocycles. The Kier molecular flexibility index (Phi) is 6.52. The van der Waals surface area contributed by atoms with Crippen LogP contribution in [0.15, 0.2) is 24.3 Å². The molecule has 0 fully saturated rings. The summed E-state index contributed by atoms with van der Waals surface area (Å²) in [5.41, 5.74) is 4.12. The van der Waals surface area contributed by atoms with Crippen molar-refractivity contribution in [1.82, 2.24) is 10.9 Å². The summed E-state index contributed by atoms with van der Waals surface area (Å²) in [7, 11) is 1.54. The molecule has 0 aromatic heterocycles. The molecule has 0 radical (unpaired) electrons. The average molecular weight is 296 g/mol. The molecule has 114 valence electrons. The molecule has 8 heteroatoms. The van der Waals surface area contributed by atoms with E-state index in [0.717, 1.165) is 0 Å². The molecule has 0 saturated carbocycles. The molecule has 1 aromatic carbocycles. The summed E-state index contributed by atoms with van der Waals surface area (Å²) in [5, 5.41) is 0. The van der Waals surface area contributed by atoms with Gasteiger partial charge in [0, 0.05) is 6.92 Å². The third-order valence-electron chi connectivity index (χ3n) is 2.16. The first-order valence-corrected chi connectivity index (χ1v) is 5.99. The van der Waals surface area contributed by atoms with Crippen LogP contribution in [-0.2, 0) is 19.1 Å². The van der Waals surface area contributed by atoms with Gasteiger partial charge in [0.05, 0.1) is 7.11 Å². The number of amides is 2. The predicted molar refractivity (Wildman–Crippen MR) is 71.4 cm³/mol. The van der Waals surface area contributed by atoms with Crippen LogP contribution >= 0.6 is 0 Å². The summed E-state index contributed by atoms with van der Waals surface area (Å²) in [6.45, 7) is 0.389. The van der Waals surface area contributed by atoms with Crippen molar-refractivity contribution in [3.05, 3.63) is 24.3 Å². The minimum atomic E-state index is -0.705. The van der Waals surface area contributed by atoms with Gasteiger partial charge in [0.25, 0.3) is 5.91 Å². The van der Waals surface area contributed by atoms with Gasteiger partial charge in [0.2, 0.25) is 5.91 Å². The normalized spacial score (nSPS) is 9.43. The molecule has 2 amide bonds. The second kappa shape index (κ2) is 8.41. The lowest BCUT2D eigenvalue weighted by Gasteiger charge is -2.08. The van der Waals surface area contributed by atoms with Crippen LogP contribution in [0.3, 0.4) is 0 Å². The van der Waals surface area contributed by atoms with Crippen LogP contribution in [-0.4, -0.2) is 38.1 Å². The first-order chi connectivity index (χ1) is 10.0. The van der Waals surface area contributed by atoms with E-state index in [-0.39, 0.29) is 6.61 Å². The van der Waals surface area contributed by atoms with Gasteiger partial charge in [-0.3, -0.25) is 20.4 Å². The highest BCUT2D eigenvalue weighted by atomic mass is 16.6. The Morgan fingerprint density at radius 1 is 1.00 bits per heavy atom. The van der Waals surface area contributed by atoms with E-state index in [9.17, 15) is 14.4 Å². The van der Waals surface area contributed by atoms with E-state index in [4.69, 9.17) is 9.47 Å². The lowest BCUT2D eigenvalue weighted by molar-refractivity contribution is -0.150. The predicted octanol–water partition coefficient (Wildman–Crippen LogP) is -0.215. The number of ether oxygens (including phenoxy) is 3. The highest BCUT2D eigenvalue weighted by Crippen LogP contribution is 2.16. The zero-order valence-corrected chi connectivity index (χ0v) is 11.7. The minimum absolute atomic E-state index is 0.334. The van der Waals surface area contributed by atoms with E-state index in [2.05, 4.69) is 15.6 Å². The average Bonchev–Trinajstić information content (AvgIpc) is 2.49. The molecule has 2 N–H and O–H groups in total. The molecule has 0 aliphatic carbocycles. The monoisotopic (exact) mass is 296 g/mol. The van der Waals surface area contributed by atoms with Crippen molar-refractivity contribution in [2.24, 2.45) is 0 Å². The van der Waals surface area contributed by atoms with E-state index in [1.54, 1.807) is 31.4 Å². The van der Waals surface area contributed by atoms with E-state index in [1.165, 1.54) is 6.92 Å². The summed E-state index contributed by atoms with van der Waals surface area (Å²) in [6.07, 6.45) is 0. The summed E-state index contributed by atoms with van der Waals surface area (Å²) in [6, 6.07) is 6.63. The highest BCUT2D eigenvalue weighted by molar-refractivity contribution is 5.83. The first kappa shape index (κ1) is 16.3. The molecular formula is C13H16N2O6. The van der Waals surface area contributed by atoms with Gasteiger partial charge in [-0.15, -0.1) is 0 Å². The maximum absolute atomic E-state index is 11.3. The van der Waals surface area contributed by atoms with Crippen LogP contribution in [0.25, 0.3) is 0 Å². The van der Waals surface area contributed by atoms with Crippen LogP contribution in [0.2, 0.25) is 0 Å². The number of hydrogen-bond donors (Lipinski definition) is 2. The first-order valence-electron chi connectivity index (χ1n) is 5.99. The molecule has 8 nitrogen and oxygen atoms in total. The van der Waals surface area contributed by atoms with Crippen molar-refractivity contribution in [3.63, 3.8) is 0 Å². The van der Waals surface area contributed by atoms with Gasteiger partial charge in [-0.25, -0.2) is 4.79 Å². The van der Waals surface area contributed by atoms with E-state index < -0.39 is 24.4 Å². The van der Waals surface area contributed by atoms with Gasteiger partial charge < -0.3 is 14.2 Å². The Bertz CT molecular complexity index is 500. The van der Waals surface area contributed by atoms with Crippen molar-refractivity contribution in [2.75, 3.05) is 20.3 Å². The number of hydrogen-bond acceptors (Lipinski definition) is 6. The standard InChI is InChI=1S/C13H16N2O6/c1-9(16)14-15-12(17)7-21-13(18)8-20-11-5-3-10(19-2)4-6-11/h3-6H,7-8H2,1-2H3,(H,14,16)(H,15,17). The summed E-state index contributed by atoms with van der Waals surface area (Å²) in [4.78, 5) is 33.0. The Labute approximate surface area is 121 Å². The third kappa shape index (κ3) is 6.81. The van der Waals surface area contributed by atoms with Gasteiger partial charge >= 0.3 is 5.97 Å². The molecule has 0 spiro atoms. The quantitative estimate of drug-likeness (QED) is 0.556. The van der Waals surface area contributed by atoms with Crippen molar-refractivity contribution < 1.29 is 28.6 Å². The topological polar surface area (TPSA) is 103 Å². The highest BCUT2D eigenvalue weighted by Gasteiger charge is 2.08. The summed E-state index contributed by atoms with van der Waals surface area (Å²) >= 11 is 0. The molecule has 0 saturated heterocycles. The Morgan fingerprint density at radius 2 is 1.62 bits per heavy atom. The third-order valence-corrected chi connectivity index (χ3v) is 2.16. The summed E-state index contributed by atoms with van der Waals surface area (Å²) < 4.78 is 14.8. The van der Waals surface area contributed by atoms with Crippen LogP contribution in [0, 0.1) is 0 Å². The lowest BCUT2D eigenvalue weighted by atomic mass is 10.3. The smallest absolute Gasteiger partial charge is 0.344 e. The molecule has 1 aromatic rings. The fraction of sp³-hybridized carbons (Fsp3) is 0.308. The minimum Gasteiger partial charge on any atom is -0.497 e. The maximum Gasteiger partial charge on any atom is 0.344 e. The number of benzene rings is 1. The van der Waals surface area contributed by atoms with Crippen LogP contribution < -0.4 is 20.3 Å². The molecular weight excluding hydrogens is 280 g/mol. The Morgan fingerprint density at radius 3 is 2.19 bits per heavy atom. The number of rotatable bonds is 6. The lowest BCUT2D eigenvalue weighted by Crippen LogP contribution is -2.42. The number of nitrogens with one attached hydrogen (secondary N) is 2. The fourth-order valence-electron chi connectivity index (χ4n) is 1.20. The van der Waals surface area contributed by atoms with Crippen LogP contribution in [0.1, 0.15) is 6.92 Å². The van der Waals surface area contributed by atoms with Gasteiger partial charge in [0.15, 0.2) is 13.2 Å². The molecule has 0 unspecified atom stereocenters. The number of carbonyl (C=O) groups excluding carboxylic acids is 3. The number of esters is 1. The number of carbonyl (C=O) groups is 3. The van der Waals surface area contributed by atoms with E-state index in [1.807, 2.05) is 0 Å². The van der Waals surface area contributed by atoms with Crippen molar-refractivity contribution in [3.8, 4) is 11.5 Å². The van der Waals surface area contributed by atoms with E-state index in [0.29, 0.717) is 11.5 Å². The molecule has 1 rings (SSSR count). The number of methoxy groups -OCH3 is 1. The molecule has 0 bridgehead atoms.